The smallest absolute Gasteiger partial charge is 0.122 e. The van der Waals surface area contributed by atoms with Gasteiger partial charge in [-0.05, 0) is 24.6 Å². The number of rotatable bonds is 6. The molecule has 0 aliphatic heterocycles. The van der Waals surface area contributed by atoms with Gasteiger partial charge in [0, 0.05) is 31.4 Å². The molecule has 0 spiro atoms. The zero-order valence-electron chi connectivity index (χ0n) is 12.0. The summed E-state index contributed by atoms with van der Waals surface area (Å²) in [5.74, 6) is 2.19. The Labute approximate surface area is 118 Å². The second kappa shape index (κ2) is 6.43. The van der Waals surface area contributed by atoms with Gasteiger partial charge in [-0.25, -0.2) is 4.98 Å². The third-order valence-corrected chi connectivity index (χ3v) is 3.28. The van der Waals surface area contributed by atoms with E-state index in [9.17, 15) is 5.11 Å². The van der Waals surface area contributed by atoms with Gasteiger partial charge in [0.15, 0.2) is 0 Å². The normalized spacial score (nSPS) is 12.2. The first-order valence-electron chi connectivity index (χ1n) is 6.59. The van der Waals surface area contributed by atoms with E-state index in [1.54, 1.807) is 26.5 Å². The molecule has 0 aliphatic carbocycles. The predicted molar refractivity (Wildman–Crippen MR) is 76.1 cm³/mol. The lowest BCUT2D eigenvalue weighted by Crippen LogP contribution is -2.08. The van der Waals surface area contributed by atoms with E-state index >= 15 is 0 Å². The molecule has 0 aliphatic rings. The van der Waals surface area contributed by atoms with Crippen molar-refractivity contribution in [1.29, 1.82) is 0 Å². The van der Waals surface area contributed by atoms with Gasteiger partial charge in [-0.15, -0.1) is 0 Å². The van der Waals surface area contributed by atoms with Gasteiger partial charge in [-0.3, -0.25) is 0 Å². The van der Waals surface area contributed by atoms with Crippen LogP contribution >= 0.6 is 0 Å². The Bertz CT molecular complexity index is 544. The summed E-state index contributed by atoms with van der Waals surface area (Å²) in [4.78, 5) is 4.28. The van der Waals surface area contributed by atoms with E-state index in [0.29, 0.717) is 17.9 Å². The Balaban J connectivity index is 2.22. The van der Waals surface area contributed by atoms with E-state index < -0.39 is 6.10 Å². The molecule has 2 rings (SSSR count). The SMILES string of the molecule is CCn1ccnc1CC(O)c1cc(OC)cc(OC)c1. The van der Waals surface area contributed by atoms with Crippen molar-refractivity contribution in [3.8, 4) is 11.5 Å². The van der Waals surface area contributed by atoms with Gasteiger partial charge >= 0.3 is 0 Å². The summed E-state index contributed by atoms with van der Waals surface area (Å²) in [5, 5.41) is 10.4. The molecule has 0 radical (unpaired) electrons. The van der Waals surface area contributed by atoms with Crippen LogP contribution in [-0.2, 0) is 13.0 Å². The van der Waals surface area contributed by atoms with Crippen LogP contribution in [0.1, 0.15) is 24.4 Å². The number of benzene rings is 1. The standard InChI is InChI=1S/C15H20N2O3/c1-4-17-6-5-16-15(17)10-14(18)11-7-12(19-2)9-13(8-11)20-3/h5-9,14,18H,4,10H2,1-3H3. The van der Waals surface area contributed by atoms with E-state index in [0.717, 1.165) is 17.9 Å². The van der Waals surface area contributed by atoms with Crippen molar-refractivity contribution in [3.63, 3.8) is 0 Å². The molecular weight excluding hydrogens is 256 g/mol. The number of ether oxygens (including phenoxy) is 2. The molecule has 20 heavy (non-hydrogen) atoms. The molecular formula is C15H20N2O3. The summed E-state index contributed by atoms with van der Waals surface area (Å²) in [7, 11) is 3.18. The number of imidazole rings is 1. The highest BCUT2D eigenvalue weighted by molar-refractivity contribution is 5.39. The van der Waals surface area contributed by atoms with Crippen molar-refractivity contribution in [2.75, 3.05) is 14.2 Å². The number of aromatic nitrogens is 2. The van der Waals surface area contributed by atoms with Crippen LogP contribution in [0, 0.1) is 0 Å². The molecule has 0 saturated heterocycles. The Morgan fingerprint density at radius 1 is 1.20 bits per heavy atom. The third kappa shape index (κ3) is 3.11. The Morgan fingerprint density at radius 2 is 1.85 bits per heavy atom. The first kappa shape index (κ1) is 14.4. The number of aliphatic hydroxyl groups excluding tert-OH is 1. The van der Waals surface area contributed by atoms with Crippen molar-refractivity contribution in [3.05, 3.63) is 42.0 Å². The second-order valence-electron chi connectivity index (χ2n) is 4.50. The zero-order valence-corrected chi connectivity index (χ0v) is 12.0. The van der Waals surface area contributed by atoms with Gasteiger partial charge in [-0.1, -0.05) is 0 Å². The lowest BCUT2D eigenvalue weighted by molar-refractivity contribution is 0.173. The van der Waals surface area contributed by atoms with Gasteiger partial charge in [0.1, 0.15) is 17.3 Å². The van der Waals surface area contributed by atoms with Crippen molar-refractivity contribution >= 4 is 0 Å². The summed E-state index contributed by atoms with van der Waals surface area (Å²) < 4.78 is 12.4. The maximum atomic E-state index is 10.4. The minimum atomic E-state index is -0.647. The quantitative estimate of drug-likeness (QED) is 0.878. The number of methoxy groups -OCH3 is 2. The summed E-state index contributed by atoms with van der Waals surface area (Å²) >= 11 is 0. The van der Waals surface area contributed by atoms with Crippen molar-refractivity contribution in [1.82, 2.24) is 9.55 Å². The first-order chi connectivity index (χ1) is 9.67. The predicted octanol–water partition coefficient (Wildman–Crippen LogP) is 2.20. The van der Waals surface area contributed by atoms with Crippen LogP contribution in [0.25, 0.3) is 0 Å². The lowest BCUT2D eigenvalue weighted by atomic mass is 10.1. The maximum Gasteiger partial charge on any atom is 0.122 e. The Kier molecular flexibility index (Phi) is 4.63. The van der Waals surface area contributed by atoms with E-state index in [-0.39, 0.29) is 0 Å². The molecule has 5 heteroatoms. The molecule has 1 aromatic heterocycles. The molecule has 1 unspecified atom stereocenters. The van der Waals surface area contributed by atoms with Crippen LogP contribution < -0.4 is 9.47 Å². The maximum absolute atomic E-state index is 10.4. The first-order valence-corrected chi connectivity index (χ1v) is 6.59. The van der Waals surface area contributed by atoms with Crippen LogP contribution in [0.2, 0.25) is 0 Å². The van der Waals surface area contributed by atoms with Crippen molar-refractivity contribution in [2.24, 2.45) is 0 Å². The summed E-state index contributed by atoms with van der Waals surface area (Å²) in [6, 6.07) is 5.40. The van der Waals surface area contributed by atoms with Gasteiger partial charge < -0.3 is 19.1 Å². The number of hydrogen-bond acceptors (Lipinski definition) is 4. The third-order valence-electron chi connectivity index (χ3n) is 3.28. The largest absolute Gasteiger partial charge is 0.497 e. The van der Waals surface area contributed by atoms with Crippen molar-refractivity contribution < 1.29 is 14.6 Å². The molecule has 2 aromatic rings. The van der Waals surface area contributed by atoms with Crippen LogP contribution in [0.4, 0.5) is 0 Å². The van der Waals surface area contributed by atoms with Gasteiger partial charge in [0.05, 0.1) is 20.3 Å². The highest BCUT2D eigenvalue weighted by atomic mass is 16.5. The number of aryl methyl sites for hydroxylation is 1. The van der Waals surface area contributed by atoms with Crippen LogP contribution in [0.15, 0.2) is 30.6 Å². The fourth-order valence-electron chi connectivity index (χ4n) is 2.13. The fraction of sp³-hybridized carbons (Fsp3) is 0.400. The highest BCUT2D eigenvalue weighted by Gasteiger charge is 2.14. The fourth-order valence-corrected chi connectivity index (χ4v) is 2.13. The summed E-state index contributed by atoms with van der Waals surface area (Å²) in [6.45, 7) is 2.88. The van der Waals surface area contributed by atoms with Crippen LogP contribution in [0.5, 0.6) is 11.5 Å². The number of nitrogens with zero attached hydrogens (tertiary/aromatic N) is 2. The summed E-state index contributed by atoms with van der Waals surface area (Å²) in [5.41, 5.74) is 0.756. The molecule has 1 atom stereocenters. The monoisotopic (exact) mass is 276 g/mol. The summed E-state index contributed by atoms with van der Waals surface area (Å²) in [6.07, 6.45) is 3.47. The molecule has 5 nitrogen and oxygen atoms in total. The second-order valence-corrected chi connectivity index (χ2v) is 4.50. The molecule has 0 bridgehead atoms. The van der Waals surface area contributed by atoms with Crippen LogP contribution in [0.3, 0.4) is 0 Å². The number of aliphatic hydroxyl groups is 1. The molecule has 0 saturated carbocycles. The van der Waals surface area contributed by atoms with Gasteiger partial charge in [-0.2, -0.15) is 0 Å². The molecule has 108 valence electrons. The molecule has 0 amide bonds. The minimum Gasteiger partial charge on any atom is -0.497 e. The molecule has 1 heterocycles. The van der Waals surface area contributed by atoms with Crippen LogP contribution in [-0.4, -0.2) is 28.9 Å². The lowest BCUT2D eigenvalue weighted by Gasteiger charge is -2.14. The molecule has 0 fully saturated rings. The number of hydrogen-bond donors (Lipinski definition) is 1. The van der Waals surface area contributed by atoms with Crippen molar-refractivity contribution in [2.45, 2.75) is 26.0 Å². The van der Waals surface area contributed by atoms with Gasteiger partial charge in [0.25, 0.3) is 0 Å². The molecule has 1 N–H and O–H groups in total. The average Bonchev–Trinajstić information content (AvgIpc) is 2.93. The van der Waals surface area contributed by atoms with Gasteiger partial charge in [0.2, 0.25) is 0 Å². The highest BCUT2D eigenvalue weighted by Crippen LogP contribution is 2.27. The van der Waals surface area contributed by atoms with E-state index in [2.05, 4.69) is 4.98 Å². The van der Waals surface area contributed by atoms with E-state index in [4.69, 9.17) is 9.47 Å². The topological polar surface area (TPSA) is 56.5 Å². The minimum absolute atomic E-state index is 0.456. The average molecular weight is 276 g/mol. The Morgan fingerprint density at radius 3 is 2.40 bits per heavy atom. The van der Waals surface area contributed by atoms with E-state index in [1.807, 2.05) is 29.8 Å². The molecule has 1 aromatic carbocycles. The Hall–Kier alpha value is -2.01. The van der Waals surface area contributed by atoms with E-state index in [1.165, 1.54) is 0 Å². The zero-order chi connectivity index (χ0) is 14.5.